The van der Waals surface area contributed by atoms with Gasteiger partial charge < -0.3 is 15.4 Å². The van der Waals surface area contributed by atoms with Gasteiger partial charge in [0, 0.05) is 39.8 Å². The van der Waals surface area contributed by atoms with E-state index in [0.717, 1.165) is 6.42 Å². The Morgan fingerprint density at radius 2 is 2.10 bits per heavy atom. The number of sulfonamides is 1. The van der Waals surface area contributed by atoms with E-state index in [1.54, 1.807) is 14.2 Å². The number of nitrogens with zero attached hydrogens (tertiary/aromatic N) is 2. The Kier molecular flexibility index (Phi) is 9.52. The normalized spacial score (nSPS) is 14.4. The molecule has 0 aliphatic heterocycles. The van der Waals surface area contributed by atoms with Gasteiger partial charge in [-0.3, -0.25) is 4.99 Å². The number of aliphatic imine (C=N–C) groups is 1. The lowest BCUT2D eigenvalue weighted by atomic mass is 10.3. The maximum atomic E-state index is 11.4. The van der Waals surface area contributed by atoms with Gasteiger partial charge in [0.05, 0.1) is 12.9 Å². The fourth-order valence-corrected chi connectivity index (χ4v) is 2.67. The molecule has 0 aliphatic carbocycles. The van der Waals surface area contributed by atoms with Crippen molar-refractivity contribution in [2.45, 2.75) is 26.3 Å². The Morgan fingerprint density at radius 1 is 1.45 bits per heavy atom. The minimum atomic E-state index is -3.10. The van der Waals surface area contributed by atoms with Gasteiger partial charge in [0.1, 0.15) is 0 Å². The molecule has 0 spiro atoms. The van der Waals surface area contributed by atoms with Crippen LogP contribution in [0.1, 0.15) is 20.3 Å². The van der Waals surface area contributed by atoms with Crippen LogP contribution < -0.4 is 10.6 Å². The lowest BCUT2D eigenvalue weighted by Crippen LogP contribution is -2.44. The lowest BCUT2D eigenvalue weighted by molar-refractivity contribution is 0.179. The van der Waals surface area contributed by atoms with Gasteiger partial charge in [-0.1, -0.05) is 6.92 Å². The number of nitrogens with one attached hydrogen (secondary N) is 2. The van der Waals surface area contributed by atoms with Gasteiger partial charge in [-0.2, -0.15) is 0 Å². The molecule has 0 radical (unpaired) electrons. The van der Waals surface area contributed by atoms with Crippen LogP contribution in [0, 0.1) is 0 Å². The van der Waals surface area contributed by atoms with Crippen molar-refractivity contribution >= 4 is 16.0 Å². The van der Waals surface area contributed by atoms with E-state index in [-0.39, 0.29) is 6.04 Å². The van der Waals surface area contributed by atoms with E-state index in [9.17, 15) is 8.42 Å². The highest BCUT2D eigenvalue weighted by Crippen LogP contribution is 1.98. The monoisotopic (exact) mass is 308 g/mol. The van der Waals surface area contributed by atoms with E-state index in [4.69, 9.17) is 4.74 Å². The third kappa shape index (κ3) is 8.34. The third-order valence-electron chi connectivity index (χ3n) is 2.72. The Morgan fingerprint density at radius 3 is 2.55 bits per heavy atom. The minimum Gasteiger partial charge on any atom is -0.383 e. The van der Waals surface area contributed by atoms with Gasteiger partial charge >= 0.3 is 0 Å². The van der Waals surface area contributed by atoms with Crippen molar-refractivity contribution in [2.24, 2.45) is 4.99 Å². The number of hydrogen-bond acceptors (Lipinski definition) is 4. The molecule has 1 unspecified atom stereocenters. The molecule has 0 saturated heterocycles. The summed E-state index contributed by atoms with van der Waals surface area (Å²) in [5, 5.41) is 6.33. The molecule has 0 amide bonds. The summed E-state index contributed by atoms with van der Waals surface area (Å²) in [6, 6.07) is 0.161. The van der Waals surface area contributed by atoms with Crippen molar-refractivity contribution in [3.63, 3.8) is 0 Å². The Balaban J connectivity index is 4.03. The van der Waals surface area contributed by atoms with E-state index in [1.165, 1.54) is 10.6 Å². The van der Waals surface area contributed by atoms with Gasteiger partial charge in [0.25, 0.3) is 0 Å². The van der Waals surface area contributed by atoms with Gasteiger partial charge in [-0.15, -0.1) is 0 Å². The maximum absolute atomic E-state index is 11.4. The first-order chi connectivity index (χ1) is 9.35. The largest absolute Gasteiger partial charge is 0.383 e. The maximum Gasteiger partial charge on any atom is 0.211 e. The molecule has 0 fully saturated rings. The van der Waals surface area contributed by atoms with E-state index in [1.807, 2.05) is 13.8 Å². The third-order valence-corrected chi connectivity index (χ3v) is 4.10. The topological polar surface area (TPSA) is 83.0 Å². The molecule has 8 heteroatoms. The highest BCUT2D eigenvalue weighted by atomic mass is 32.2. The molecule has 1 atom stereocenters. The standard InChI is InChI=1S/C12H28N4O3S/c1-6-16(20(5,17)18)9-7-8-14-12(13-3)15-11(2)10-19-4/h11H,6-10H2,1-5H3,(H2,13,14,15). The molecule has 0 heterocycles. The quantitative estimate of drug-likeness (QED) is 0.352. The first kappa shape index (κ1) is 19.1. The van der Waals surface area contributed by atoms with Gasteiger partial charge in [-0.05, 0) is 13.3 Å². The second-order valence-corrected chi connectivity index (χ2v) is 6.59. The summed E-state index contributed by atoms with van der Waals surface area (Å²) < 4.78 is 29.3. The van der Waals surface area contributed by atoms with Crippen LogP contribution in [0.2, 0.25) is 0 Å². The molecule has 7 nitrogen and oxygen atoms in total. The average molecular weight is 308 g/mol. The van der Waals surface area contributed by atoms with Crippen molar-refractivity contribution in [3.8, 4) is 0 Å². The zero-order valence-electron chi connectivity index (χ0n) is 13.1. The smallest absolute Gasteiger partial charge is 0.211 e. The minimum absolute atomic E-state index is 0.161. The number of hydrogen-bond donors (Lipinski definition) is 2. The van der Waals surface area contributed by atoms with Gasteiger partial charge in [0.2, 0.25) is 10.0 Å². The SMILES string of the molecule is CCN(CCCNC(=NC)NC(C)COC)S(C)(=O)=O. The highest BCUT2D eigenvalue weighted by Gasteiger charge is 2.13. The lowest BCUT2D eigenvalue weighted by Gasteiger charge is -2.19. The molecular formula is C12H28N4O3S. The number of ether oxygens (including phenoxy) is 1. The van der Waals surface area contributed by atoms with Crippen LogP contribution in [0.3, 0.4) is 0 Å². The summed E-state index contributed by atoms with van der Waals surface area (Å²) in [6.45, 7) is 6.09. The van der Waals surface area contributed by atoms with Gasteiger partial charge in [-0.25, -0.2) is 12.7 Å². The summed E-state index contributed by atoms with van der Waals surface area (Å²) in [5.74, 6) is 0.692. The fourth-order valence-electron chi connectivity index (χ4n) is 1.74. The zero-order chi connectivity index (χ0) is 15.6. The molecule has 20 heavy (non-hydrogen) atoms. The highest BCUT2D eigenvalue weighted by molar-refractivity contribution is 7.88. The summed E-state index contributed by atoms with van der Waals surface area (Å²) in [6.07, 6.45) is 1.96. The summed E-state index contributed by atoms with van der Waals surface area (Å²) in [7, 11) is 0.245. The van der Waals surface area contributed by atoms with Crippen LogP contribution in [-0.4, -0.2) is 71.4 Å². The first-order valence-corrected chi connectivity index (χ1v) is 8.61. The van der Waals surface area contributed by atoms with E-state index >= 15 is 0 Å². The summed E-state index contributed by atoms with van der Waals surface area (Å²) >= 11 is 0. The van der Waals surface area contributed by atoms with Crippen LogP contribution in [0.25, 0.3) is 0 Å². The number of methoxy groups -OCH3 is 1. The van der Waals surface area contributed by atoms with Crippen LogP contribution >= 0.6 is 0 Å². The Labute approximate surface area is 122 Å². The first-order valence-electron chi connectivity index (χ1n) is 6.76. The van der Waals surface area contributed by atoms with E-state index in [0.29, 0.717) is 32.2 Å². The van der Waals surface area contributed by atoms with Crippen LogP contribution in [0.5, 0.6) is 0 Å². The molecule has 120 valence electrons. The molecule has 0 saturated carbocycles. The van der Waals surface area contributed by atoms with Crippen molar-refractivity contribution in [1.82, 2.24) is 14.9 Å². The van der Waals surface area contributed by atoms with Crippen LogP contribution in [0.4, 0.5) is 0 Å². The summed E-state index contributed by atoms with van der Waals surface area (Å²) in [5.41, 5.74) is 0. The summed E-state index contributed by atoms with van der Waals surface area (Å²) in [4.78, 5) is 4.10. The Hall–Kier alpha value is -0.860. The molecule has 0 aromatic rings. The average Bonchev–Trinajstić information content (AvgIpc) is 2.36. The number of guanidine groups is 1. The van der Waals surface area contributed by atoms with Crippen molar-refractivity contribution in [2.75, 3.05) is 46.7 Å². The van der Waals surface area contributed by atoms with E-state index < -0.39 is 10.0 Å². The second kappa shape index (κ2) is 9.95. The fraction of sp³-hybridized carbons (Fsp3) is 0.917. The van der Waals surface area contributed by atoms with Crippen LogP contribution in [0.15, 0.2) is 4.99 Å². The predicted molar refractivity (Wildman–Crippen MR) is 82.5 cm³/mol. The zero-order valence-corrected chi connectivity index (χ0v) is 14.0. The van der Waals surface area contributed by atoms with Gasteiger partial charge in [0.15, 0.2) is 5.96 Å². The van der Waals surface area contributed by atoms with E-state index in [2.05, 4.69) is 15.6 Å². The van der Waals surface area contributed by atoms with Crippen LogP contribution in [-0.2, 0) is 14.8 Å². The molecule has 0 aromatic carbocycles. The predicted octanol–water partition coefficient (Wildman–Crippen LogP) is -0.142. The van der Waals surface area contributed by atoms with Crippen molar-refractivity contribution in [3.05, 3.63) is 0 Å². The van der Waals surface area contributed by atoms with Crippen molar-refractivity contribution < 1.29 is 13.2 Å². The Bertz CT molecular complexity index is 384. The second-order valence-electron chi connectivity index (χ2n) is 4.61. The van der Waals surface area contributed by atoms with Crippen molar-refractivity contribution in [1.29, 1.82) is 0 Å². The molecule has 0 rings (SSSR count). The molecule has 0 aliphatic rings. The number of rotatable bonds is 9. The molecule has 0 aromatic heterocycles. The molecular weight excluding hydrogens is 280 g/mol. The molecule has 0 bridgehead atoms. The molecule has 2 N–H and O–H groups in total.